The van der Waals surface area contributed by atoms with Crippen molar-refractivity contribution in [1.29, 1.82) is 0 Å². The van der Waals surface area contributed by atoms with Crippen molar-refractivity contribution >= 4 is 10.2 Å². The quantitative estimate of drug-likeness (QED) is 0.783. The molecule has 1 spiro atoms. The van der Waals surface area contributed by atoms with Crippen LogP contribution in [0.4, 0.5) is 0 Å². The van der Waals surface area contributed by atoms with E-state index in [9.17, 15) is 8.42 Å². The van der Waals surface area contributed by atoms with Crippen molar-refractivity contribution in [2.45, 2.75) is 38.5 Å². The summed E-state index contributed by atoms with van der Waals surface area (Å²) in [5.41, 5.74) is 0. The van der Waals surface area contributed by atoms with Crippen molar-refractivity contribution in [2.75, 3.05) is 26.3 Å². The van der Waals surface area contributed by atoms with Crippen LogP contribution < -0.4 is 4.72 Å². The molecule has 0 amide bonds. The molecular formula is C10H20N2O4S. The smallest absolute Gasteiger partial charge is 0.279 e. The number of nitrogens with one attached hydrogen (secondary N) is 1. The average Bonchev–Trinajstić information content (AvgIpc) is 2.65. The van der Waals surface area contributed by atoms with Crippen LogP contribution in [0, 0.1) is 0 Å². The molecule has 1 N–H and O–H groups in total. The molecule has 0 unspecified atom stereocenters. The Balaban J connectivity index is 1.94. The lowest BCUT2D eigenvalue weighted by molar-refractivity contribution is -0.179. The van der Waals surface area contributed by atoms with Gasteiger partial charge < -0.3 is 9.47 Å². The predicted octanol–water partition coefficient (Wildman–Crippen LogP) is 0.0681. The van der Waals surface area contributed by atoms with Gasteiger partial charge in [-0.2, -0.15) is 17.4 Å². The van der Waals surface area contributed by atoms with Crippen molar-refractivity contribution < 1.29 is 17.9 Å². The minimum Gasteiger partial charge on any atom is -0.347 e. The van der Waals surface area contributed by atoms with Gasteiger partial charge in [-0.15, -0.1) is 0 Å². The summed E-state index contributed by atoms with van der Waals surface area (Å²) in [6.45, 7) is 5.73. The molecule has 2 rings (SSSR count). The van der Waals surface area contributed by atoms with Gasteiger partial charge in [0.2, 0.25) is 0 Å². The third kappa shape index (κ3) is 2.97. The van der Waals surface area contributed by atoms with E-state index < -0.39 is 16.0 Å². The highest BCUT2D eigenvalue weighted by molar-refractivity contribution is 7.87. The molecule has 0 aromatic rings. The SMILES string of the molecule is CC(C)NS(=O)(=O)N1CCC2(CC1)OCCO2. The van der Waals surface area contributed by atoms with Gasteiger partial charge >= 0.3 is 0 Å². The topological polar surface area (TPSA) is 67.9 Å². The molecule has 0 aromatic heterocycles. The first-order valence-corrected chi connectivity index (χ1v) is 7.43. The second-order valence-electron chi connectivity index (χ2n) is 4.78. The molecule has 7 heteroatoms. The van der Waals surface area contributed by atoms with Gasteiger partial charge in [0.1, 0.15) is 0 Å². The lowest BCUT2D eigenvalue weighted by atomic mass is 10.1. The highest BCUT2D eigenvalue weighted by atomic mass is 32.2. The van der Waals surface area contributed by atoms with Gasteiger partial charge in [0.25, 0.3) is 10.2 Å². The minimum absolute atomic E-state index is 0.0881. The summed E-state index contributed by atoms with van der Waals surface area (Å²) in [5.74, 6) is -0.524. The zero-order valence-corrected chi connectivity index (χ0v) is 11.1. The zero-order valence-electron chi connectivity index (χ0n) is 10.3. The van der Waals surface area contributed by atoms with E-state index in [-0.39, 0.29) is 6.04 Å². The van der Waals surface area contributed by atoms with E-state index in [1.165, 1.54) is 4.31 Å². The van der Waals surface area contributed by atoms with Gasteiger partial charge in [-0.3, -0.25) is 0 Å². The third-order valence-corrected chi connectivity index (χ3v) is 4.84. The fourth-order valence-corrected chi connectivity index (χ4v) is 3.63. The third-order valence-electron chi connectivity index (χ3n) is 3.02. The monoisotopic (exact) mass is 264 g/mol. The normalized spacial score (nSPS) is 25.8. The summed E-state index contributed by atoms with van der Waals surface area (Å²) in [4.78, 5) is 0. The van der Waals surface area contributed by atoms with E-state index in [1.807, 2.05) is 13.8 Å². The van der Waals surface area contributed by atoms with Crippen LogP contribution in [0.25, 0.3) is 0 Å². The van der Waals surface area contributed by atoms with Crippen LogP contribution in [0.15, 0.2) is 0 Å². The molecule has 2 heterocycles. The van der Waals surface area contributed by atoms with Crippen LogP contribution in [0.2, 0.25) is 0 Å². The summed E-state index contributed by atoms with van der Waals surface area (Å²) in [6, 6.07) is -0.0881. The molecule has 0 saturated carbocycles. The molecule has 0 radical (unpaired) electrons. The largest absolute Gasteiger partial charge is 0.347 e. The minimum atomic E-state index is -3.36. The van der Waals surface area contributed by atoms with Crippen LogP contribution in [-0.4, -0.2) is 50.9 Å². The second kappa shape index (κ2) is 4.81. The van der Waals surface area contributed by atoms with Crippen molar-refractivity contribution in [3.8, 4) is 0 Å². The fraction of sp³-hybridized carbons (Fsp3) is 1.00. The summed E-state index contributed by atoms with van der Waals surface area (Å²) < 4.78 is 39.0. The van der Waals surface area contributed by atoms with E-state index in [1.54, 1.807) is 0 Å². The number of hydrogen-bond acceptors (Lipinski definition) is 4. The zero-order chi connectivity index (χ0) is 12.5. The molecule has 2 aliphatic rings. The second-order valence-corrected chi connectivity index (χ2v) is 6.49. The van der Waals surface area contributed by atoms with Crippen LogP contribution in [-0.2, 0) is 19.7 Å². The number of ether oxygens (including phenoxy) is 2. The van der Waals surface area contributed by atoms with Gasteiger partial charge in [0.15, 0.2) is 5.79 Å². The maximum atomic E-state index is 11.9. The molecule has 17 heavy (non-hydrogen) atoms. The molecular weight excluding hydrogens is 244 g/mol. The lowest BCUT2D eigenvalue weighted by Gasteiger charge is -2.37. The Morgan fingerprint density at radius 2 is 1.71 bits per heavy atom. The molecule has 0 bridgehead atoms. The van der Waals surface area contributed by atoms with Crippen LogP contribution in [0.3, 0.4) is 0 Å². The van der Waals surface area contributed by atoms with Gasteiger partial charge in [-0.25, -0.2) is 0 Å². The highest BCUT2D eigenvalue weighted by Gasteiger charge is 2.42. The van der Waals surface area contributed by atoms with E-state index in [4.69, 9.17) is 9.47 Å². The number of piperidine rings is 1. The van der Waals surface area contributed by atoms with Gasteiger partial charge in [-0.05, 0) is 13.8 Å². The Kier molecular flexibility index (Phi) is 3.74. The van der Waals surface area contributed by atoms with Gasteiger partial charge in [0, 0.05) is 32.0 Å². The van der Waals surface area contributed by atoms with E-state index in [2.05, 4.69) is 4.72 Å². The van der Waals surface area contributed by atoms with Gasteiger partial charge in [0.05, 0.1) is 13.2 Å². The van der Waals surface area contributed by atoms with E-state index >= 15 is 0 Å². The first kappa shape index (κ1) is 13.2. The molecule has 100 valence electrons. The number of hydrogen-bond donors (Lipinski definition) is 1. The van der Waals surface area contributed by atoms with E-state index in [0.29, 0.717) is 39.1 Å². The molecule has 0 aliphatic carbocycles. The first-order valence-electron chi connectivity index (χ1n) is 5.99. The summed E-state index contributed by atoms with van der Waals surface area (Å²) >= 11 is 0. The number of rotatable bonds is 3. The summed E-state index contributed by atoms with van der Waals surface area (Å²) in [7, 11) is -3.36. The maximum Gasteiger partial charge on any atom is 0.279 e. The lowest BCUT2D eigenvalue weighted by Crippen LogP contribution is -2.51. The van der Waals surface area contributed by atoms with Gasteiger partial charge in [-0.1, -0.05) is 0 Å². The molecule has 2 aliphatic heterocycles. The predicted molar refractivity (Wildman–Crippen MR) is 62.6 cm³/mol. The molecule has 0 aromatic carbocycles. The van der Waals surface area contributed by atoms with Crippen molar-refractivity contribution in [2.24, 2.45) is 0 Å². The van der Waals surface area contributed by atoms with E-state index in [0.717, 1.165) is 0 Å². The average molecular weight is 264 g/mol. The van der Waals surface area contributed by atoms with Crippen molar-refractivity contribution in [3.63, 3.8) is 0 Å². The fourth-order valence-electron chi connectivity index (χ4n) is 2.23. The van der Waals surface area contributed by atoms with Crippen molar-refractivity contribution in [1.82, 2.24) is 9.03 Å². The van der Waals surface area contributed by atoms with Crippen LogP contribution in [0.5, 0.6) is 0 Å². The van der Waals surface area contributed by atoms with Crippen molar-refractivity contribution in [3.05, 3.63) is 0 Å². The number of nitrogens with zero attached hydrogens (tertiary/aromatic N) is 1. The highest BCUT2D eigenvalue weighted by Crippen LogP contribution is 2.31. The first-order chi connectivity index (χ1) is 7.94. The summed E-state index contributed by atoms with van der Waals surface area (Å²) in [5, 5.41) is 0. The Morgan fingerprint density at radius 3 is 2.18 bits per heavy atom. The molecule has 2 saturated heterocycles. The Labute approximate surface area is 102 Å². The summed E-state index contributed by atoms with van der Waals surface area (Å²) in [6.07, 6.45) is 1.21. The maximum absolute atomic E-state index is 11.9. The van der Waals surface area contributed by atoms with Crippen LogP contribution in [0.1, 0.15) is 26.7 Å². The molecule has 0 atom stereocenters. The standard InChI is InChI=1S/C10H20N2O4S/c1-9(2)11-17(13,14)12-5-3-10(4-6-12)15-7-8-16-10/h9,11H,3-8H2,1-2H3. The molecule has 2 fully saturated rings. The Bertz CT molecular complexity index is 353. The molecule has 6 nitrogen and oxygen atoms in total. The van der Waals surface area contributed by atoms with Crippen LogP contribution >= 0.6 is 0 Å². The Hall–Kier alpha value is -0.210. The Morgan fingerprint density at radius 1 is 1.18 bits per heavy atom.